The van der Waals surface area contributed by atoms with E-state index in [2.05, 4.69) is 14.9 Å². The molecule has 74 valence electrons. The SMILES string of the molecule is CN1CCC(N=C(N)N=C(N)N)C1. The van der Waals surface area contributed by atoms with Gasteiger partial charge >= 0.3 is 0 Å². The van der Waals surface area contributed by atoms with Crippen LogP contribution in [0.1, 0.15) is 6.42 Å². The zero-order chi connectivity index (χ0) is 9.84. The molecule has 13 heavy (non-hydrogen) atoms. The molecule has 1 aliphatic heterocycles. The Labute approximate surface area is 77.5 Å². The highest BCUT2D eigenvalue weighted by molar-refractivity contribution is 5.92. The molecule has 1 rings (SSSR count). The van der Waals surface area contributed by atoms with Gasteiger partial charge in [0.15, 0.2) is 5.96 Å². The molecule has 0 aliphatic carbocycles. The molecule has 6 nitrogen and oxygen atoms in total. The lowest BCUT2D eigenvalue weighted by molar-refractivity contribution is 0.411. The predicted molar refractivity (Wildman–Crippen MR) is 53.3 cm³/mol. The summed E-state index contributed by atoms with van der Waals surface area (Å²) in [4.78, 5) is 10.0. The van der Waals surface area contributed by atoms with Crippen molar-refractivity contribution in [2.24, 2.45) is 27.2 Å². The van der Waals surface area contributed by atoms with Gasteiger partial charge in [0.05, 0.1) is 6.04 Å². The highest BCUT2D eigenvalue weighted by Crippen LogP contribution is 2.09. The number of nitrogens with two attached hydrogens (primary N) is 3. The Kier molecular flexibility index (Phi) is 3.07. The fourth-order valence-electron chi connectivity index (χ4n) is 1.37. The molecule has 1 atom stereocenters. The van der Waals surface area contributed by atoms with E-state index >= 15 is 0 Å². The van der Waals surface area contributed by atoms with Gasteiger partial charge in [-0.25, -0.2) is 4.99 Å². The van der Waals surface area contributed by atoms with Gasteiger partial charge in [-0.15, -0.1) is 0 Å². The van der Waals surface area contributed by atoms with Gasteiger partial charge in [0.2, 0.25) is 5.96 Å². The number of hydrogen-bond donors (Lipinski definition) is 3. The molecule has 1 unspecified atom stereocenters. The van der Waals surface area contributed by atoms with E-state index in [0.29, 0.717) is 0 Å². The van der Waals surface area contributed by atoms with Crippen molar-refractivity contribution in [1.29, 1.82) is 0 Å². The molecule has 6 N–H and O–H groups in total. The fraction of sp³-hybridized carbons (Fsp3) is 0.714. The van der Waals surface area contributed by atoms with Crippen LogP contribution in [0.5, 0.6) is 0 Å². The summed E-state index contributed by atoms with van der Waals surface area (Å²) in [7, 11) is 2.05. The third kappa shape index (κ3) is 3.29. The quantitative estimate of drug-likeness (QED) is 0.333. The van der Waals surface area contributed by atoms with Crippen LogP contribution in [-0.2, 0) is 0 Å². The van der Waals surface area contributed by atoms with Crippen LogP contribution in [0.15, 0.2) is 9.98 Å². The van der Waals surface area contributed by atoms with Gasteiger partial charge in [-0.1, -0.05) is 0 Å². The molecule has 0 amide bonds. The molecule has 0 aromatic heterocycles. The standard InChI is InChI=1S/C7H16N6/c1-13-3-2-5(4-13)11-7(10)12-6(8)9/h5H,2-4H2,1H3,(H6,8,9,10,11,12). The molecule has 0 saturated carbocycles. The number of likely N-dealkylation sites (tertiary alicyclic amines) is 1. The molecule has 1 saturated heterocycles. The second-order valence-electron chi connectivity index (χ2n) is 3.23. The van der Waals surface area contributed by atoms with Gasteiger partial charge < -0.3 is 22.1 Å². The molecule has 1 aliphatic rings. The van der Waals surface area contributed by atoms with Crippen LogP contribution in [0.25, 0.3) is 0 Å². The van der Waals surface area contributed by atoms with Crippen LogP contribution >= 0.6 is 0 Å². The summed E-state index contributed by atoms with van der Waals surface area (Å²) in [6.07, 6.45) is 1.01. The molecule has 1 heterocycles. The minimum absolute atomic E-state index is 0.0485. The Balaban J connectivity index is 2.51. The van der Waals surface area contributed by atoms with Crippen molar-refractivity contribution < 1.29 is 0 Å². The zero-order valence-electron chi connectivity index (χ0n) is 7.77. The Hall–Kier alpha value is -1.30. The summed E-state index contributed by atoms with van der Waals surface area (Å²) >= 11 is 0. The summed E-state index contributed by atoms with van der Waals surface area (Å²) in [6.45, 7) is 1.96. The zero-order valence-corrected chi connectivity index (χ0v) is 7.77. The van der Waals surface area contributed by atoms with E-state index in [1.54, 1.807) is 0 Å². The molecule has 6 heteroatoms. The van der Waals surface area contributed by atoms with E-state index < -0.39 is 0 Å². The van der Waals surface area contributed by atoms with E-state index in [4.69, 9.17) is 17.2 Å². The summed E-state index contributed by atoms with van der Waals surface area (Å²) < 4.78 is 0. The predicted octanol–water partition coefficient (Wildman–Crippen LogP) is -1.72. The first-order valence-corrected chi connectivity index (χ1v) is 4.19. The van der Waals surface area contributed by atoms with Crippen LogP contribution < -0.4 is 17.2 Å². The van der Waals surface area contributed by atoms with Gasteiger partial charge in [-0.3, -0.25) is 0 Å². The van der Waals surface area contributed by atoms with Crippen LogP contribution in [-0.4, -0.2) is 43.0 Å². The minimum atomic E-state index is -0.0485. The van der Waals surface area contributed by atoms with Crippen molar-refractivity contribution in [2.45, 2.75) is 12.5 Å². The number of guanidine groups is 2. The minimum Gasteiger partial charge on any atom is -0.370 e. The van der Waals surface area contributed by atoms with Crippen molar-refractivity contribution in [2.75, 3.05) is 20.1 Å². The van der Waals surface area contributed by atoms with E-state index in [1.165, 1.54) is 0 Å². The van der Waals surface area contributed by atoms with Crippen molar-refractivity contribution in [3.63, 3.8) is 0 Å². The monoisotopic (exact) mass is 184 g/mol. The first-order valence-electron chi connectivity index (χ1n) is 4.19. The van der Waals surface area contributed by atoms with Crippen molar-refractivity contribution in [3.05, 3.63) is 0 Å². The fourth-order valence-corrected chi connectivity index (χ4v) is 1.37. The average Bonchev–Trinajstić information content (AvgIpc) is 2.33. The average molecular weight is 184 g/mol. The highest BCUT2D eigenvalue weighted by Gasteiger charge is 2.18. The summed E-state index contributed by atoms with van der Waals surface area (Å²) in [6, 6.07) is 0.230. The molecule has 0 spiro atoms. The third-order valence-electron chi connectivity index (χ3n) is 1.92. The Bertz CT molecular complexity index is 229. The number of nitrogens with zero attached hydrogens (tertiary/aromatic N) is 3. The molecule has 0 aromatic rings. The van der Waals surface area contributed by atoms with Crippen molar-refractivity contribution in [3.8, 4) is 0 Å². The molecule has 1 fully saturated rings. The summed E-state index contributed by atoms with van der Waals surface area (Å²) in [5.74, 6) is 0.118. The van der Waals surface area contributed by atoms with Gasteiger partial charge in [0.25, 0.3) is 0 Å². The molecular weight excluding hydrogens is 168 g/mol. The third-order valence-corrected chi connectivity index (χ3v) is 1.92. The lowest BCUT2D eigenvalue weighted by Gasteiger charge is -2.05. The number of rotatable bonds is 1. The second-order valence-corrected chi connectivity index (χ2v) is 3.23. The topological polar surface area (TPSA) is 106 Å². The molecular formula is C7H16N6. The van der Waals surface area contributed by atoms with Crippen LogP contribution in [0, 0.1) is 0 Å². The van der Waals surface area contributed by atoms with Crippen molar-refractivity contribution >= 4 is 11.9 Å². The highest BCUT2D eigenvalue weighted by atomic mass is 15.2. The Morgan fingerprint density at radius 2 is 2.08 bits per heavy atom. The van der Waals surface area contributed by atoms with Gasteiger partial charge in [0.1, 0.15) is 0 Å². The number of hydrogen-bond acceptors (Lipinski definition) is 2. The maximum Gasteiger partial charge on any atom is 0.218 e. The molecule has 0 radical (unpaired) electrons. The van der Waals surface area contributed by atoms with Gasteiger partial charge in [-0.2, -0.15) is 4.99 Å². The first kappa shape index (κ1) is 9.79. The lowest BCUT2D eigenvalue weighted by Crippen LogP contribution is -2.27. The number of likely N-dealkylation sites (N-methyl/N-ethyl adjacent to an activating group) is 1. The first-order chi connectivity index (χ1) is 6.08. The van der Waals surface area contributed by atoms with E-state index in [0.717, 1.165) is 19.5 Å². The van der Waals surface area contributed by atoms with E-state index in [1.807, 2.05) is 7.05 Å². The number of aliphatic imine (C=N–C) groups is 2. The van der Waals surface area contributed by atoms with E-state index in [9.17, 15) is 0 Å². The maximum atomic E-state index is 5.48. The molecule has 0 bridgehead atoms. The smallest absolute Gasteiger partial charge is 0.218 e. The summed E-state index contributed by atoms with van der Waals surface area (Å²) in [5.41, 5.74) is 15.8. The largest absolute Gasteiger partial charge is 0.370 e. The van der Waals surface area contributed by atoms with Crippen molar-refractivity contribution in [1.82, 2.24) is 4.90 Å². The Morgan fingerprint density at radius 3 is 2.54 bits per heavy atom. The second kappa shape index (κ2) is 4.08. The van der Waals surface area contributed by atoms with E-state index in [-0.39, 0.29) is 18.0 Å². The normalized spacial score (nSPS) is 24.7. The van der Waals surface area contributed by atoms with Gasteiger partial charge in [-0.05, 0) is 20.0 Å². The van der Waals surface area contributed by atoms with Crippen LogP contribution in [0.4, 0.5) is 0 Å². The van der Waals surface area contributed by atoms with Crippen LogP contribution in [0.3, 0.4) is 0 Å². The van der Waals surface area contributed by atoms with Gasteiger partial charge in [0, 0.05) is 6.54 Å². The summed E-state index contributed by atoms with van der Waals surface area (Å²) in [5, 5.41) is 0. The van der Waals surface area contributed by atoms with Crippen LogP contribution in [0.2, 0.25) is 0 Å². The Morgan fingerprint density at radius 1 is 1.38 bits per heavy atom. The maximum absolute atomic E-state index is 5.48. The lowest BCUT2D eigenvalue weighted by atomic mass is 10.3. The molecule has 0 aromatic carbocycles.